The topological polar surface area (TPSA) is 61.8 Å². The number of nitrogens with one attached hydrogen (secondary N) is 1. The van der Waals surface area contributed by atoms with Crippen LogP contribution >= 0.6 is 0 Å². The summed E-state index contributed by atoms with van der Waals surface area (Å²) >= 11 is 0. The summed E-state index contributed by atoms with van der Waals surface area (Å²) in [4.78, 5) is 14.3. The van der Waals surface area contributed by atoms with E-state index in [9.17, 15) is 9.90 Å². The molecule has 126 valence electrons. The molecule has 0 saturated carbocycles. The van der Waals surface area contributed by atoms with E-state index in [1.807, 2.05) is 31.2 Å². The first-order valence-electron chi connectivity index (χ1n) is 8.09. The van der Waals surface area contributed by atoms with E-state index in [1.54, 1.807) is 0 Å². The molecule has 1 heterocycles. The zero-order valence-electron chi connectivity index (χ0n) is 13.8. The molecule has 0 atom stereocenters. The summed E-state index contributed by atoms with van der Waals surface area (Å²) in [6.07, 6.45) is 1.42. The van der Waals surface area contributed by atoms with Gasteiger partial charge < -0.3 is 20.1 Å². The van der Waals surface area contributed by atoms with Gasteiger partial charge in [0.15, 0.2) is 0 Å². The van der Waals surface area contributed by atoms with Gasteiger partial charge in [-0.3, -0.25) is 4.79 Å². The molecule has 1 saturated heterocycles. The summed E-state index contributed by atoms with van der Waals surface area (Å²) in [7, 11) is 0. The highest BCUT2D eigenvalue weighted by atomic mass is 16.5. The highest BCUT2D eigenvalue weighted by molar-refractivity contribution is 5.94. The molecule has 0 aromatic heterocycles. The SMILES string of the molecule is C=C(C)COCCNC(=O)c1ccc(N2CCC(O)CC2)cc1. The van der Waals surface area contributed by atoms with Crippen LogP contribution in [0.25, 0.3) is 0 Å². The summed E-state index contributed by atoms with van der Waals surface area (Å²) < 4.78 is 5.35. The summed E-state index contributed by atoms with van der Waals surface area (Å²) in [6, 6.07) is 7.60. The van der Waals surface area contributed by atoms with Crippen molar-refractivity contribution >= 4 is 11.6 Å². The Morgan fingerprint density at radius 3 is 2.61 bits per heavy atom. The summed E-state index contributed by atoms with van der Waals surface area (Å²) in [6.45, 7) is 8.86. The van der Waals surface area contributed by atoms with Crippen molar-refractivity contribution in [3.8, 4) is 0 Å². The molecular weight excluding hydrogens is 292 g/mol. The zero-order valence-corrected chi connectivity index (χ0v) is 13.8. The summed E-state index contributed by atoms with van der Waals surface area (Å²) in [5.41, 5.74) is 2.71. The Balaban J connectivity index is 1.77. The smallest absolute Gasteiger partial charge is 0.251 e. The van der Waals surface area contributed by atoms with E-state index < -0.39 is 0 Å². The van der Waals surface area contributed by atoms with Gasteiger partial charge in [0.25, 0.3) is 5.91 Å². The van der Waals surface area contributed by atoms with Crippen LogP contribution in [0.2, 0.25) is 0 Å². The van der Waals surface area contributed by atoms with Gasteiger partial charge in [0.2, 0.25) is 0 Å². The van der Waals surface area contributed by atoms with E-state index in [1.165, 1.54) is 0 Å². The zero-order chi connectivity index (χ0) is 16.7. The second-order valence-corrected chi connectivity index (χ2v) is 6.03. The van der Waals surface area contributed by atoms with E-state index >= 15 is 0 Å². The highest BCUT2D eigenvalue weighted by Gasteiger charge is 2.17. The van der Waals surface area contributed by atoms with Gasteiger partial charge in [0.05, 0.1) is 19.3 Å². The van der Waals surface area contributed by atoms with Crippen molar-refractivity contribution in [2.24, 2.45) is 0 Å². The predicted molar refractivity (Wildman–Crippen MR) is 91.9 cm³/mol. The van der Waals surface area contributed by atoms with E-state index in [-0.39, 0.29) is 12.0 Å². The minimum atomic E-state index is -0.177. The number of rotatable bonds is 7. The molecule has 1 aromatic rings. The number of nitrogens with zero attached hydrogens (tertiary/aromatic N) is 1. The van der Waals surface area contributed by atoms with Crippen molar-refractivity contribution in [3.05, 3.63) is 42.0 Å². The Labute approximate surface area is 137 Å². The Hall–Kier alpha value is -1.85. The summed E-state index contributed by atoms with van der Waals surface area (Å²) in [5, 5.41) is 12.4. The molecule has 23 heavy (non-hydrogen) atoms. The van der Waals surface area contributed by atoms with Gasteiger partial charge in [0.1, 0.15) is 0 Å². The van der Waals surface area contributed by atoms with E-state index in [2.05, 4.69) is 16.8 Å². The highest BCUT2D eigenvalue weighted by Crippen LogP contribution is 2.20. The first-order chi connectivity index (χ1) is 11.1. The second-order valence-electron chi connectivity index (χ2n) is 6.03. The van der Waals surface area contributed by atoms with Crippen molar-refractivity contribution in [2.75, 3.05) is 37.7 Å². The monoisotopic (exact) mass is 318 g/mol. The number of carbonyl (C=O) groups excluding carboxylic acids is 1. The molecule has 2 N–H and O–H groups in total. The van der Waals surface area contributed by atoms with Crippen LogP contribution < -0.4 is 10.2 Å². The third-order valence-corrected chi connectivity index (χ3v) is 3.84. The lowest BCUT2D eigenvalue weighted by atomic mass is 10.1. The molecule has 1 fully saturated rings. The number of aliphatic hydroxyl groups excluding tert-OH is 1. The first kappa shape index (κ1) is 17.5. The average Bonchev–Trinajstić information content (AvgIpc) is 2.55. The van der Waals surface area contributed by atoms with Crippen LogP contribution in [0.1, 0.15) is 30.1 Å². The fourth-order valence-corrected chi connectivity index (χ4v) is 2.53. The van der Waals surface area contributed by atoms with Gasteiger partial charge in [-0.1, -0.05) is 12.2 Å². The molecule has 1 aliphatic rings. The van der Waals surface area contributed by atoms with Crippen LogP contribution in [-0.4, -0.2) is 50.0 Å². The second kappa shape index (κ2) is 8.70. The molecular formula is C18H26N2O3. The van der Waals surface area contributed by atoms with Crippen LogP contribution in [0.15, 0.2) is 36.4 Å². The number of hydrogen-bond acceptors (Lipinski definition) is 4. The molecule has 0 unspecified atom stereocenters. The Bertz CT molecular complexity index is 520. The average molecular weight is 318 g/mol. The predicted octanol–water partition coefficient (Wildman–Crippen LogP) is 1.97. The minimum absolute atomic E-state index is 0.0930. The van der Waals surface area contributed by atoms with Gasteiger partial charge in [-0.2, -0.15) is 0 Å². The van der Waals surface area contributed by atoms with Gasteiger partial charge in [-0.25, -0.2) is 0 Å². The first-order valence-corrected chi connectivity index (χ1v) is 8.09. The molecule has 5 heteroatoms. The van der Waals surface area contributed by atoms with Crippen molar-refractivity contribution in [2.45, 2.75) is 25.9 Å². The maximum Gasteiger partial charge on any atom is 0.251 e. The number of aliphatic hydroxyl groups is 1. The molecule has 1 aliphatic heterocycles. The van der Waals surface area contributed by atoms with Crippen LogP contribution in [-0.2, 0) is 4.74 Å². The lowest BCUT2D eigenvalue weighted by Crippen LogP contribution is -2.35. The van der Waals surface area contributed by atoms with E-state index in [0.29, 0.717) is 25.3 Å². The third kappa shape index (κ3) is 5.69. The molecule has 0 spiro atoms. The third-order valence-electron chi connectivity index (χ3n) is 3.84. The number of benzene rings is 1. The maximum atomic E-state index is 12.0. The molecule has 0 bridgehead atoms. The van der Waals surface area contributed by atoms with Crippen LogP contribution in [0.4, 0.5) is 5.69 Å². The lowest BCUT2D eigenvalue weighted by Gasteiger charge is -2.31. The van der Waals surface area contributed by atoms with Gasteiger partial charge >= 0.3 is 0 Å². The fourth-order valence-electron chi connectivity index (χ4n) is 2.53. The summed E-state index contributed by atoms with van der Waals surface area (Å²) in [5.74, 6) is -0.0930. The van der Waals surface area contributed by atoms with Gasteiger partial charge in [0, 0.05) is 30.9 Å². The molecule has 1 amide bonds. The standard InChI is InChI=1S/C18H26N2O3/c1-14(2)13-23-12-9-19-18(22)15-3-5-16(6-4-15)20-10-7-17(21)8-11-20/h3-6,17,21H,1,7-13H2,2H3,(H,19,22). The molecule has 1 aromatic carbocycles. The fraction of sp³-hybridized carbons (Fsp3) is 0.500. The van der Waals surface area contributed by atoms with Crippen molar-refractivity contribution in [1.29, 1.82) is 0 Å². The van der Waals surface area contributed by atoms with Crippen LogP contribution in [0.5, 0.6) is 0 Å². The molecule has 5 nitrogen and oxygen atoms in total. The molecule has 0 aliphatic carbocycles. The lowest BCUT2D eigenvalue weighted by molar-refractivity contribution is 0.0927. The number of carbonyl (C=O) groups is 1. The largest absolute Gasteiger partial charge is 0.393 e. The van der Waals surface area contributed by atoms with E-state index in [4.69, 9.17) is 4.74 Å². The number of anilines is 1. The normalized spacial score (nSPS) is 15.5. The van der Waals surface area contributed by atoms with E-state index in [0.717, 1.165) is 37.2 Å². The van der Waals surface area contributed by atoms with Crippen LogP contribution in [0.3, 0.4) is 0 Å². The number of piperidine rings is 1. The van der Waals surface area contributed by atoms with Crippen LogP contribution in [0, 0.1) is 0 Å². The van der Waals surface area contributed by atoms with Crippen molar-refractivity contribution < 1.29 is 14.6 Å². The molecule has 2 rings (SSSR count). The van der Waals surface area contributed by atoms with Gasteiger partial charge in [-0.05, 0) is 44.0 Å². The van der Waals surface area contributed by atoms with Crippen molar-refractivity contribution in [3.63, 3.8) is 0 Å². The number of amides is 1. The number of hydrogen-bond donors (Lipinski definition) is 2. The quantitative estimate of drug-likeness (QED) is 0.596. The number of ether oxygens (including phenoxy) is 1. The Morgan fingerprint density at radius 1 is 1.35 bits per heavy atom. The van der Waals surface area contributed by atoms with Gasteiger partial charge in [-0.15, -0.1) is 0 Å². The Morgan fingerprint density at radius 2 is 2.00 bits per heavy atom. The van der Waals surface area contributed by atoms with Crippen molar-refractivity contribution in [1.82, 2.24) is 5.32 Å². The maximum absolute atomic E-state index is 12.0. The molecule has 0 radical (unpaired) electrons. The Kier molecular flexibility index (Phi) is 6.62. The minimum Gasteiger partial charge on any atom is -0.393 e.